The molecule has 0 radical (unpaired) electrons. The van der Waals surface area contributed by atoms with E-state index in [0.29, 0.717) is 24.3 Å². The molecule has 0 spiro atoms. The third kappa shape index (κ3) is 6.64. The number of methoxy groups -OCH3 is 1. The van der Waals surface area contributed by atoms with Crippen LogP contribution in [0.1, 0.15) is 38.7 Å². The number of hydrogen-bond donors (Lipinski definition) is 3. The van der Waals surface area contributed by atoms with Crippen LogP contribution in [0.3, 0.4) is 0 Å². The fraction of sp³-hybridized carbons (Fsp3) is 0.611. The molecule has 7 nitrogen and oxygen atoms in total. The van der Waals surface area contributed by atoms with E-state index in [2.05, 4.69) is 22.3 Å². The van der Waals surface area contributed by atoms with Gasteiger partial charge in [-0.05, 0) is 49.5 Å². The molecule has 27 heavy (non-hydrogen) atoms. The normalized spacial score (nSPS) is 16.3. The van der Waals surface area contributed by atoms with Crippen molar-refractivity contribution in [2.75, 3.05) is 26.7 Å². The number of amides is 1. The highest BCUT2D eigenvalue weighted by Crippen LogP contribution is 2.28. The molecule has 1 saturated heterocycles. The summed E-state index contributed by atoms with van der Waals surface area (Å²) in [7, 11) is -2.11. The highest BCUT2D eigenvalue weighted by atomic mass is 35.5. The molecular weight excluding hydrogens is 390 g/mol. The van der Waals surface area contributed by atoms with Crippen LogP contribution in [-0.2, 0) is 21.4 Å². The number of piperidine rings is 1. The molecule has 1 aliphatic rings. The first-order chi connectivity index (χ1) is 12.3. The van der Waals surface area contributed by atoms with Gasteiger partial charge in [-0.1, -0.05) is 13.8 Å². The number of carbonyl (C=O) groups is 1. The lowest BCUT2D eigenvalue weighted by molar-refractivity contribution is -0.120. The van der Waals surface area contributed by atoms with Gasteiger partial charge >= 0.3 is 0 Å². The molecule has 154 valence electrons. The Morgan fingerprint density at radius 1 is 1.30 bits per heavy atom. The smallest absolute Gasteiger partial charge is 0.240 e. The van der Waals surface area contributed by atoms with Gasteiger partial charge in [0, 0.05) is 25.1 Å². The quantitative estimate of drug-likeness (QED) is 0.597. The molecule has 1 fully saturated rings. The molecular formula is C18H30ClN3O4S. The van der Waals surface area contributed by atoms with Crippen molar-refractivity contribution < 1.29 is 17.9 Å². The van der Waals surface area contributed by atoms with E-state index in [4.69, 9.17) is 4.74 Å². The van der Waals surface area contributed by atoms with Crippen molar-refractivity contribution in [3.63, 3.8) is 0 Å². The maximum atomic E-state index is 12.7. The first kappa shape index (κ1) is 23.7. The average molecular weight is 420 g/mol. The standard InChI is InChI=1S/C18H29N3O4S.ClH/c1-4-17(22)20-12-14-11-15(5-6-16(14)25-3)26(23,24)21-13-18(2)7-9-19-10-8-18;/h5-6,11,19,21H,4,7-10,12-13H2,1-3H3,(H,20,22);1H. The van der Waals surface area contributed by atoms with E-state index in [1.54, 1.807) is 19.1 Å². The Morgan fingerprint density at radius 2 is 1.96 bits per heavy atom. The zero-order valence-electron chi connectivity index (χ0n) is 16.1. The fourth-order valence-electron chi connectivity index (χ4n) is 2.94. The number of ether oxygens (including phenoxy) is 1. The van der Waals surface area contributed by atoms with Gasteiger partial charge in [0.15, 0.2) is 0 Å². The Labute approximate surface area is 168 Å². The van der Waals surface area contributed by atoms with Crippen molar-refractivity contribution in [3.05, 3.63) is 23.8 Å². The van der Waals surface area contributed by atoms with Crippen LogP contribution >= 0.6 is 12.4 Å². The molecule has 1 amide bonds. The maximum Gasteiger partial charge on any atom is 0.240 e. The minimum absolute atomic E-state index is 0. The van der Waals surface area contributed by atoms with Gasteiger partial charge in [0.2, 0.25) is 15.9 Å². The summed E-state index contributed by atoms with van der Waals surface area (Å²) >= 11 is 0. The predicted octanol–water partition coefficient (Wildman–Crippen LogP) is 1.81. The summed E-state index contributed by atoms with van der Waals surface area (Å²) in [5.41, 5.74) is 0.591. The highest BCUT2D eigenvalue weighted by Gasteiger charge is 2.29. The second-order valence-electron chi connectivity index (χ2n) is 6.99. The number of carbonyl (C=O) groups excluding carboxylic acids is 1. The first-order valence-corrected chi connectivity index (χ1v) is 10.4. The summed E-state index contributed by atoms with van der Waals surface area (Å²) in [6, 6.07) is 4.70. The minimum atomic E-state index is -3.63. The molecule has 0 saturated carbocycles. The van der Waals surface area contributed by atoms with Gasteiger partial charge in [0.05, 0.1) is 12.0 Å². The second-order valence-corrected chi connectivity index (χ2v) is 8.76. The summed E-state index contributed by atoms with van der Waals surface area (Å²) in [5, 5.41) is 6.04. The van der Waals surface area contributed by atoms with Crippen LogP contribution in [0.15, 0.2) is 23.1 Å². The molecule has 2 rings (SSSR count). The summed E-state index contributed by atoms with van der Waals surface area (Å²) < 4.78 is 33.4. The van der Waals surface area contributed by atoms with Crippen molar-refractivity contribution >= 4 is 28.3 Å². The van der Waals surface area contributed by atoms with Gasteiger partial charge in [0.1, 0.15) is 5.75 Å². The molecule has 0 bridgehead atoms. The van der Waals surface area contributed by atoms with Gasteiger partial charge in [0.25, 0.3) is 0 Å². The number of halogens is 1. The lowest BCUT2D eigenvalue weighted by Crippen LogP contribution is -2.42. The molecule has 0 aliphatic carbocycles. The van der Waals surface area contributed by atoms with Gasteiger partial charge in [-0.3, -0.25) is 4.79 Å². The van der Waals surface area contributed by atoms with Crippen LogP contribution in [0.25, 0.3) is 0 Å². The van der Waals surface area contributed by atoms with E-state index in [1.807, 2.05) is 0 Å². The van der Waals surface area contributed by atoms with Crippen LogP contribution in [0.5, 0.6) is 5.75 Å². The Hall–Kier alpha value is -1.35. The SMILES string of the molecule is CCC(=O)NCc1cc(S(=O)(=O)NCC2(C)CCNCC2)ccc1OC.Cl. The number of rotatable bonds is 8. The minimum Gasteiger partial charge on any atom is -0.496 e. The number of sulfonamides is 1. The fourth-order valence-corrected chi connectivity index (χ4v) is 4.19. The summed E-state index contributed by atoms with van der Waals surface area (Å²) in [6.45, 7) is 6.31. The summed E-state index contributed by atoms with van der Waals surface area (Å²) in [5.74, 6) is 0.447. The third-order valence-corrected chi connectivity index (χ3v) is 6.26. The van der Waals surface area contributed by atoms with E-state index in [1.165, 1.54) is 13.2 Å². The summed E-state index contributed by atoms with van der Waals surface area (Å²) in [4.78, 5) is 11.7. The molecule has 9 heteroatoms. The molecule has 1 aliphatic heterocycles. The molecule has 1 aromatic rings. The zero-order valence-corrected chi connectivity index (χ0v) is 17.8. The zero-order chi connectivity index (χ0) is 19.2. The Morgan fingerprint density at radius 3 is 2.56 bits per heavy atom. The van der Waals surface area contributed by atoms with Crippen LogP contribution < -0.4 is 20.1 Å². The largest absolute Gasteiger partial charge is 0.496 e. The lowest BCUT2D eigenvalue weighted by Gasteiger charge is -2.34. The lowest BCUT2D eigenvalue weighted by atomic mass is 9.81. The highest BCUT2D eigenvalue weighted by molar-refractivity contribution is 7.89. The van der Waals surface area contributed by atoms with E-state index in [9.17, 15) is 13.2 Å². The first-order valence-electron chi connectivity index (χ1n) is 8.94. The summed E-state index contributed by atoms with van der Waals surface area (Å²) in [6.07, 6.45) is 2.24. The van der Waals surface area contributed by atoms with Gasteiger partial charge in [-0.2, -0.15) is 0 Å². The van der Waals surface area contributed by atoms with Crippen molar-refractivity contribution in [1.82, 2.24) is 15.4 Å². The topological polar surface area (TPSA) is 96.5 Å². The van der Waals surface area contributed by atoms with Crippen molar-refractivity contribution in [2.45, 2.75) is 44.6 Å². The van der Waals surface area contributed by atoms with E-state index >= 15 is 0 Å². The predicted molar refractivity (Wildman–Crippen MR) is 108 cm³/mol. The van der Waals surface area contributed by atoms with Gasteiger partial charge < -0.3 is 15.4 Å². The number of benzene rings is 1. The van der Waals surface area contributed by atoms with E-state index in [-0.39, 0.29) is 35.2 Å². The van der Waals surface area contributed by atoms with Gasteiger partial charge in [-0.15, -0.1) is 12.4 Å². The van der Waals surface area contributed by atoms with Crippen LogP contribution in [0.4, 0.5) is 0 Å². The molecule has 3 N–H and O–H groups in total. The van der Waals surface area contributed by atoms with Crippen molar-refractivity contribution in [2.24, 2.45) is 5.41 Å². The molecule has 0 aromatic heterocycles. The van der Waals surface area contributed by atoms with Crippen LogP contribution in [0, 0.1) is 5.41 Å². The van der Waals surface area contributed by atoms with Crippen LogP contribution in [0.2, 0.25) is 0 Å². The third-order valence-electron chi connectivity index (χ3n) is 4.86. The molecule has 1 heterocycles. The Balaban J connectivity index is 0.00000364. The maximum absolute atomic E-state index is 12.7. The Bertz CT molecular complexity index is 734. The van der Waals surface area contributed by atoms with Gasteiger partial charge in [-0.25, -0.2) is 13.1 Å². The van der Waals surface area contributed by atoms with Crippen molar-refractivity contribution in [1.29, 1.82) is 0 Å². The molecule has 1 aromatic carbocycles. The molecule has 0 unspecified atom stereocenters. The van der Waals surface area contributed by atoms with Crippen LogP contribution in [-0.4, -0.2) is 41.1 Å². The Kier molecular flexibility index (Phi) is 9.01. The number of nitrogens with one attached hydrogen (secondary N) is 3. The number of hydrogen-bond acceptors (Lipinski definition) is 5. The monoisotopic (exact) mass is 419 g/mol. The van der Waals surface area contributed by atoms with Crippen molar-refractivity contribution in [3.8, 4) is 5.75 Å². The van der Waals surface area contributed by atoms with E-state index in [0.717, 1.165) is 25.9 Å². The molecule has 0 atom stereocenters. The average Bonchev–Trinajstić information content (AvgIpc) is 2.65. The van der Waals surface area contributed by atoms with E-state index < -0.39 is 10.0 Å². The second kappa shape index (κ2) is 10.3.